The highest BCUT2D eigenvalue weighted by Gasteiger charge is 2.43. The van der Waals surface area contributed by atoms with E-state index in [1.807, 2.05) is 71.8 Å². The second-order valence-corrected chi connectivity index (χ2v) is 10.3. The summed E-state index contributed by atoms with van der Waals surface area (Å²) in [6, 6.07) is 17.6. The minimum atomic E-state index is -0.329. The Labute approximate surface area is 232 Å². The largest absolute Gasteiger partial charge is 0.494 e. The number of aromatic nitrogens is 3. The summed E-state index contributed by atoms with van der Waals surface area (Å²) in [5.41, 5.74) is 4.31. The first-order valence-electron chi connectivity index (χ1n) is 13.2. The molecule has 6 rings (SSSR count). The number of carbonyl (C=O) groups is 1. The molecule has 8 nitrogen and oxygen atoms in total. The normalized spacial score (nSPS) is 21.6. The number of amides is 1. The van der Waals surface area contributed by atoms with Gasteiger partial charge in [-0.2, -0.15) is 0 Å². The molecule has 200 valence electrons. The van der Waals surface area contributed by atoms with Gasteiger partial charge in [-0.1, -0.05) is 71.4 Å². The summed E-state index contributed by atoms with van der Waals surface area (Å²) in [6.07, 6.45) is 10.9. The zero-order valence-corrected chi connectivity index (χ0v) is 22.2. The number of hydrogen-bond acceptors (Lipinski definition) is 6. The molecule has 0 saturated heterocycles. The fourth-order valence-electron chi connectivity index (χ4n) is 5.50. The third-order valence-electron chi connectivity index (χ3n) is 7.37. The second kappa shape index (κ2) is 11.4. The van der Waals surface area contributed by atoms with Gasteiger partial charge in [0.1, 0.15) is 18.4 Å². The lowest BCUT2D eigenvalue weighted by atomic mass is 9.85. The third kappa shape index (κ3) is 5.56. The number of carbonyl (C=O) groups excluding carboxylic acids is 1. The van der Waals surface area contributed by atoms with Gasteiger partial charge >= 0.3 is 6.09 Å². The maximum Gasteiger partial charge on any atom is 0.410 e. The van der Waals surface area contributed by atoms with Crippen molar-refractivity contribution >= 4 is 17.7 Å². The number of fused-ring (bicyclic) bond motifs is 2. The van der Waals surface area contributed by atoms with Crippen LogP contribution in [-0.2, 0) is 17.9 Å². The van der Waals surface area contributed by atoms with Gasteiger partial charge in [-0.3, -0.25) is 9.58 Å². The first kappa shape index (κ1) is 25.2. The van der Waals surface area contributed by atoms with Gasteiger partial charge in [0, 0.05) is 42.4 Å². The highest BCUT2D eigenvalue weighted by molar-refractivity contribution is 6.31. The summed E-state index contributed by atoms with van der Waals surface area (Å²) in [7, 11) is 0. The first-order valence-corrected chi connectivity index (χ1v) is 13.6. The average Bonchev–Trinajstić information content (AvgIpc) is 3.62. The standard InChI is InChI=1S/C30H30ClN5O3/c31-23-9-12-27-26(19-23)25-13-16-36(30(37)39-20-21-5-2-1-3-6-21)29(28(25)33-27)22-7-10-24(11-8-22)38-18-4-15-35-17-14-32-34-35/h1-3,5-12,14,17,19,26-27,29,33H,4,13,15-16,18,20H2. The number of halogens is 1. The number of rotatable bonds is 8. The summed E-state index contributed by atoms with van der Waals surface area (Å²) in [5.74, 6) is 0.973. The van der Waals surface area contributed by atoms with Gasteiger partial charge < -0.3 is 14.8 Å². The molecule has 39 heavy (non-hydrogen) atoms. The summed E-state index contributed by atoms with van der Waals surface area (Å²) in [6.45, 7) is 2.12. The lowest BCUT2D eigenvalue weighted by Gasteiger charge is -2.37. The Hall–Kier alpha value is -4.04. The highest BCUT2D eigenvalue weighted by Crippen LogP contribution is 2.45. The van der Waals surface area contributed by atoms with Gasteiger partial charge in [-0.15, -0.1) is 5.10 Å². The molecule has 1 aromatic heterocycles. The van der Waals surface area contributed by atoms with Crippen LogP contribution < -0.4 is 10.1 Å². The molecule has 0 spiro atoms. The van der Waals surface area contributed by atoms with E-state index < -0.39 is 0 Å². The molecule has 3 aromatic rings. The monoisotopic (exact) mass is 543 g/mol. The minimum absolute atomic E-state index is 0.132. The van der Waals surface area contributed by atoms with Crippen molar-refractivity contribution in [2.75, 3.05) is 13.2 Å². The van der Waals surface area contributed by atoms with Gasteiger partial charge in [-0.25, -0.2) is 4.79 Å². The summed E-state index contributed by atoms with van der Waals surface area (Å²) < 4.78 is 13.5. The highest BCUT2D eigenvalue weighted by atomic mass is 35.5. The van der Waals surface area contributed by atoms with Gasteiger partial charge in [-0.05, 0) is 41.3 Å². The second-order valence-electron chi connectivity index (χ2n) is 9.87. The summed E-state index contributed by atoms with van der Waals surface area (Å²) >= 11 is 6.36. The van der Waals surface area contributed by atoms with Crippen LogP contribution in [0.2, 0.25) is 0 Å². The van der Waals surface area contributed by atoms with E-state index in [4.69, 9.17) is 21.1 Å². The van der Waals surface area contributed by atoms with E-state index in [0.717, 1.165) is 47.0 Å². The number of nitrogens with one attached hydrogen (secondary N) is 1. The molecule has 3 unspecified atom stereocenters. The molecular formula is C30H30ClN5O3. The molecule has 3 heterocycles. The number of benzene rings is 2. The Morgan fingerprint density at radius 1 is 1.13 bits per heavy atom. The molecule has 0 fully saturated rings. The molecule has 2 aromatic carbocycles. The van der Waals surface area contributed by atoms with E-state index >= 15 is 0 Å². The van der Waals surface area contributed by atoms with E-state index in [2.05, 4.69) is 27.8 Å². The Kier molecular flexibility index (Phi) is 7.36. The molecule has 0 saturated carbocycles. The smallest absolute Gasteiger partial charge is 0.410 e. The van der Waals surface area contributed by atoms with Gasteiger partial charge in [0.15, 0.2) is 0 Å². The number of ether oxygens (including phenoxy) is 2. The zero-order valence-electron chi connectivity index (χ0n) is 21.4. The minimum Gasteiger partial charge on any atom is -0.494 e. The predicted molar refractivity (Wildman–Crippen MR) is 148 cm³/mol. The van der Waals surface area contributed by atoms with Crippen LogP contribution in [0.1, 0.15) is 30.0 Å². The fourth-order valence-corrected chi connectivity index (χ4v) is 5.70. The van der Waals surface area contributed by atoms with Gasteiger partial charge in [0.05, 0.1) is 18.8 Å². The van der Waals surface area contributed by atoms with Crippen molar-refractivity contribution in [2.24, 2.45) is 5.92 Å². The van der Waals surface area contributed by atoms with Crippen LogP contribution in [0.5, 0.6) is 5.75 Å². The topological polar surface area (TPSA) is 81.5 Å². The molecule has 2 aliphatic heterocycles. The lowest BCUT2D eigenvalue weighted by molar-refractivity contribution is 0.0823. The van der Waals surface area contributed by atoms with Gasteiger partial charge in [0.25, 0.3) is 0 Å². The maximum absolute atomic E-state index is 13.4. The third-order valence-corrected chi connectivity index (χ3v) is 7.63. The van der Waals surface area contributed by atoms with Crippen molar-refractivity contribution in [1.82, 2.24) is 25.2 Å². The van der Waals surface area contributed by atoms with E-state index in [1.54, 1.807) is 10.9 Å². The van der Waals surface area contributed by atoms with Crippen molar-refractivity contribution in [3.05, 3.63) is 113 Å². The number of aryl methyl sites for hydroxylation is 1. The molecular weight excluding hydrogens is 514 g/mol. The molecule has 9 heteroatoms. The maximum atomic E-state index is 13.4. The van der Waals surface area contributed by atoms with Crippen molar-refractivity contribution in [3.63, 3.8) is 0 Å². The van der Waals surface area contributed by atoms with Crippen LogP contribution in [0, 0.1) is 5.92 Å². The van der Waals surface area contributed by atoms with Crippen LogP contribution in [0.25, 0.3) is 0 Å². The summed E-state index contributed by atoms with van der Waals surface area (Å²) in [4.78, 5) is 15.2. The Morgan fingerprint density at radius 3 is 2.77 bits per heavy atom. The zero-order chi connectivity index (χ0) is 26.6. The van der Waals surface area contributed by atoms with E-state index in [0.29, 0.717) is 13.2 Å². The molecule has 0 radical (unpaired) electrons. The van der Waals surface area contributed by atoms with Crippen molar-refractivity contribution in [2.45, 2.75) is 38.1 Å². The van der Waals surface area contributed by atoms with Crippen LogP contribution >= 0.6 is 11.6 Å². The van der Waals surface area contributed by atoms with E-state index in [-0.39, 0.29) is 30.7 Å². The average molecular weight is 544 g/mol. The molecule has 1 amide bonds. The number of hydrogen-bond donors (Lipinski definition) is 1. The van der Waals surface area contributed by atoms with Crippen molar-refractivity contribution < 1.29 is 14.3 Å². The Morgan fingerprint density at radius 2 is 1.97 bits per heavy atom. The number of allylic oxidation sites excluding steroid dienone is 2. The summed E-state index contributed by atoms with van der Waals surface area (Å²) in [5, 5.41) is 12.2. The molecule has 1 N–H and O–H groups in total. The van der Waals surface area contributed by atoms with Crippen LogP contribution in [0.4, 0.5) is 4.79 Å². The van der Waals surface area contributed by atoms with Crippen LogP contribution in [0.15, 0.2) is 102 Å². The molecule has 0 bridgehead atoms. The quantitative estimate of drug-likeness (QED) is 0.385. The molecule has 1 aliphatic carbocycles. The van der Waals surface area contributed by atoms with Crippen molar-refractivity contribution in [1.29, 1.82) is 0 Å². The SMILES string of the molecule is O=C(OCc1ccccc1)N1CCC2=C(NC3C=CC(Cl)=CC23)C1c1ccc(OCCCn2ccnn2)cc1. The fraction of sp³-hybridized carbons (Fsp3) is 0.300. The van der Waals surface area contributed by atoms with E-state index in [9.17, 15) is 4.79 Å². The lowest BCUT2D eigenvalue weighted by Crippen LogP contribution is -2.42. The molecule has 3 aliphatic rings. The van der Waals surface area contributed by atoms with Gasteiger partial charge in [0.2, 0.25) is 0 Å². The van der Waals surface area contributed by atoms with E-state index in [1.165, 1.54) is 5.57 Å². The first-order chi connectivity index (χ1) is 19.2. The molecule has 3 atom stereocenters. The van der Waals surface area contributed by atoms with Crippen LogP contribution in [0.3, 0.4) is 0 Å². The Bertz CT molecular complexity index is 1390. The predicted octanol–water partition coefficient (Wildman–Crippen LogP) is 5.37. The van der Waals surface area contributed by atoms with Crippen LogP contribution in [-0.4, -0.2) is 45.2 Å². The number of nitrogens with zero attached hydrogens (tertiary/aromatic N) is 4. The van der Waals surface area contributed by atoms with Crippen molar-refractivity contribution in [3.8, 4) is 5.75 Å². The Balaban J connectivity index is 1.20.